The molecule has 1 N–H and O–H groups in total. The highest BCUT2D eigenvalue weighted by atomic mass is 35.5. The van der Waals surface area contributed by atoms with Gasteiger partial charge in [-0.3, -0.25) is 9.59 Å². The molecule has 1 heterocycles. The first kappa shape index (κ1) is 23.9. The normalized spacial score (nSPS) is 13.9. The van der Waals surface area contributed by atoms with E-state index in [1.165, 1.54) is 5.56 Å². The first-order valence-electron chi connectivity index (χ1n) is 11.2. The summed E-state index contributed by atoms with van der Waals surface area (Å²) in [5.74, 6) is 1.05. The van der Waals surface area contributed by atoms with Crippen molar-refractivity contribution < 1.29 is 14.3 Å². The molecule has 0 aliphatic carbocycles. The number of nitrogens with zero attached hydrogens (tertiary/aromatic N) is 2. The van der Waals surface area contributed by atoms with Crippen LogP contribution in [0.3, 0.4) is 0 Å². The third kappa shape index (κ3) is 6.39. The molecule has 1 fully saturated rings. The maximum absolute atomic E-state index is 12.6. The van der Waals surface area contributed by atoms with Crippen molar-refractivity contribution in [3.8, 4) is 5.75 Å². The van der Waals surface area contributed by atoms with E-state index < -0.39 is 0 Å². The number of hydrogen-bond donors (Lipinski definition) is 1. The average Bonchev–Trinajstić information content (AvgIpc) is 2.78. The lowest BCUT2D eigenvalue weighted by Crippen LogP contribution is -2.49. The lowest BCUT2D eigenvalue weighted by Gasteiger charge is -2.37. The van der Waals surface area contributed by atoms with E-state index in [4.69, 9.17) is 16.3 Å². The summed E-state index contributed by atoms with van der Waals surface area (Å²) >= 11 is 6.20. The number of halogens is 1. The van der Waals surface area contributed by atoms with Gasteiger partial charge >= 0.3 is 0 Å². The number of piperazine rings is 1. The van der Waals surface area contributed by atoms with Gasteiger partial charge in [0.15, 0.2) is 6.61 Å². The van der Waals surface area contributed by atoms with Crippen LogP contribution in [0.2, 0.25) is 5.02 Å². The zero-order valence-corrected chi connectivity index (χ0v) is 19.8. The van der Waals surface area contributed by atoms with Gasteiger partial charge in [0, 0.05) is 37.6 Å². The van der Waals surface area contributed by atoms with Gasteiger partial charge in [0.25, 0.3) is 5.91 Å². The highest BCUT2D eigenvalue weighted by molar-refractivity contribution is 6.31. The average molecular weight is 458 g/mol. The summed E-state index contributed by atoms with van der Waals surface area (Å²) in [6.45, 7) is 8.95. The van der Waals surface area contributed by atoms with Crippen LogP contribution in [0.1, 0.15) is 45.1 Å². The predicted octanol–water partition coefficient (Wildman–Crippen LogP) is 4.93. The van der Waals surface area contributed by atoms with E-state index in [2.05, 4.69) is 24.1 Å². The fourth-order valence-corrected chi connectivity index (χ4v) is 3.91. The summed E-state index contributed by atoms with van der Waals surface area (Å²) in [7, 11) is 0. The van der Waals surface area contributed by atoms with Crippen LogP contribution in [0, 0.1) is 0 Å². The van der Waals surface area contributed by atoms with Crippen LogP contribution in [0.15, 0.2) is 42.5 Å². The number of rotatable bonds is 8. The summed E-state index contributed by atoms with van der Waals surface area (Å²) in [6.07, 6.45) is 1.44. The molecule has 1 saturated heterocycles. The van der Waals surface area contributed by atoms with E-state index >= 15 is 0 Å². The third-order valence-corrected chi connectivity index (χ3v) is 5.82. The zero-order valence-electron chi connectivity index (χ0n) is 19.1. The van der Waals surface area contributed by atoms with Crippen LogP contribution in [0.5, 0.6) is 5.75 Å². The molecule has 0 saturated carbocycles. The summed E-state index contributed by atoms with van der Waals surface area (Å²) in [5, 5.41) is 3.48. The lowest BCUT2D eigenvalue weighted by atomic mass is 10.0. The maximum atomic E-state index is 12.6. The molecule has 0 aromatic heterocycles. The van der Waals surface area contributed by atoms with Gasteiger partial charge in [-0.1, -0.05) is 44.5 Å². The Hall–Kier alpha value is -2.73. The summed E-state index contributed by atoms with van der Waals surface area (Å²) in [4.78, 5) is 28.8. The number of hydrogen-bond acceptors (Lipinski definition) is 4. The van der Waals surface area contributed by atoms with Crippen molar-refractivity contribution in [3.05, 3.63) is 53.1 Å². The molecule has 7 heteroatoms. The van der Waals surface area contributed by atoms with Crippen molar-refractivity contribution in [3.63, 3.8) is 0 Å². The molecule has 2 aromatic carbocycles. The van der Waals surface area contributed by atoms with Gasteiger partial charge in [0.05, 0.1) is 11.4 Å². The van der Waals surface area contributed by atoms with Crippen LogP contribution in [0.4, 0.5) is 11.4 Å². The minimum Gasteiger partial charge on any atom is -0.484 e. The molecule has 0 unspecified atom stereocenters. The SMILES string of the molecule is CCCC(=O)N1CCN(c2ccc(Cl)cc2NC(=O)COc2ccc(C(C)C)cc2)CC1. The van der Waals surface area contributed by atoms with Gasteiger partial charge in [-0.2, -0.15) is 0 Å². The molecular formula is C25H32ClN3O3. The van der Waals surface area contributed by atoms with Crippen LogP contribution in [0.25, 0.3) is 0 Å². The van der Waals surface area contributed by atoms with E-state index in [1.807, 2.05) is 48.2 Å². The lowest BCUT2D eigenvalue weighted by molar-refractivity contribution is -0.131. The Morgan fingerprint density at radius 1 is 1.06 bits per heavy atom. The van der Waals surface area contributed by atoms with Crippen LogP contribution >= 0.6 is 11.6 Å². The first-order chi connectivity index (χ1) is 15.4. The third-order valence-electron chi connectivity index (χ3n) is 5.59. The maximum Gasteiger partial charge on any atom is 0.262 e. The number of benzene rings is 2. The minimum atomic E-state index is -0.252. The van der Waals surface area contributed by atoms with E-state index in [1.54, 1.807) is 6.07 Å². The molecule has 3 rings (SSSR count). The van der Waals surface area contributed by atoms with E-state index in [9.17, 15) is 9.59 Å². The van der Waals surface area contributed by atoms with E-state index in [0.29, 0.717) is 55.0 Å². The molecule has 172 valence electrons. The highest BCUT2D eigenvalue weighted by Crippen LogP contribution is 2.30. The molecule has 32 heavy (non-hydrogen) atoms. The monoisotopic (exact) mass is 457 g/mol. The number of carbonyl (C=O) groups excluding carboxylic acids is 2. The van der Waals surface area contributed by atoms with Gasteiger partial charge in [0.2, 0.25) is 5.91 Å². The van der Waals surface area contributed by atoms with Crippen LogP contribution in [-0.4, -0.2) is 49.5 Å². The molecule has 0 bridgehead atoms. The van der Waals surface area contributed by atoms with Gasteiger partial charge in [0.1, 0.15) is 5.75 Å². The Morgan fingerprint density at radius 3 is 2.38 bits per heavy atom. The fraction of sp³-hybridized carbons (Fsp3) is 0.440. The van der Waals surface area contributed by atoms with E-state index in [0.717, 1.165) is 12.1 Å². The Bertz CT molecular complexity index is 923. The number of amides is 2. The van der Waals surface area contributed by atoms with E-state index in [-0.39, 0.29) is 18.4 Å². The fourth-order valence-electron chi connectivity index (χ4n) is 3.74. The molecule has 0 spiro atoms. The Labute approximate surface area is 195 Å². The minimum absolute atomic E-state index is 0.0910. The van der Waals surface area contributed by atoms with Crippen molar-refractivity contribution in [2.24, 2.45) is 0 Å². The molecular weight excluding hydrogens is 426 g/mol. The van der Waals surface area contributed by atoms with Crippen molar-refractivity contribution in [1.29, 1.82) is 0 Å². The van der Waals surface area contributed by atoms with Gasteiger partial charge in [-0.25, -0.2) is 0 Å². The molecule has 0 radical (unpaired) electrons. The standard InChI is InChI=1S/C25H32ClN3O3/c1-4-5-25(31)29-14-12-28(13-15-29)23-11-8-20(26)16-22(23)27-24(30)17-32-21-9-6-19(7-10-21)18(2)3/h6-11,16,18H,4-5,12-15,17H2,1-3H3,(H,27,30). The second-order valence-corrected chi connectivity index (χ2v) is 8.78. The quantitative estimate of drug-likeness (QED) is 0.610. The van der Waals surface area contributed by atoms with Gasteiger partial charge in [-0.15, -0.1) is 0 Å². The molecule has 0 atom stereocenters. The second kappa shape index (κ2) is 11.2. The van der Waals surface area contributed by atoms with Crippen molar-refractivity contribution >= 4 is 34.8 Å². The molecule has 6 nitrogen and oxygen atoms in total. The second-order valence-electron chi connectivity index (χ2n) is 8.34. The van der Waals surface area contributed by atoms with Crippen LogP contribution < -0.4 is 15.0 Å². The summed E-state index contributed by atoms with van der Waals surface area (Å²) < 4.78 is 5.65. The van der Waals surface area contributed by atoms with Crippen molar-refractivity contribution in [1.82, 2.24) is 4.90 Å². The molecule has 2 aromatic rings. The van der Waals surface area contributed by atoms with Crippen molar-refractivity contribution in [2.45, 2.75) is 39.5 Å². The van der Waals surface area contributed by atoms with Gasteiger partial charge in [-0.05, 0) is 48.2 Å². The highest BCUT2D eigenvalue weighted by Gasteiger charge is 2.22. The number of ether oxygens (including phenoxy) is 1. The summed E-state index contributed by atoms with van der Waals surface area (Å²) in [5.41, 5.74) is 2.77. The Kier molecular flexibility index (Phi) is 8.39. The molecule has 1 aliphatic heterocycles. The topological polar surface area (TPSA) is 61.9 Å². The molecule has 2 amide bonds. The van der Waals surface area contributed by atoms with Crippen LogP contribution in [-0.2, 0) is 9.59 Å². The number of anilines is 2. The van der Waals surface area contributed by atoms with Crippen molar-refractivity contribution in [2.75, 3.05) is 43.0 Å². The smallest absolute Gasteiger partial charge is 0.262 e. The molecule has 1 aliphatic rings. The largest absolute Gasteiger partial charge is 0.484 e. The number of nitrogens with one attached hydrogen (secondary N) is 1. The first-order valence-corrected chi connectivity index (χ1v) is 11.6. The predicted molar refractivity (Wildman–Crippen MR) is 130 cm³/mol. The Balaban J connectivity index is 1.60. The summed E-state index contributed by atoms with van der Waals surface area (Å²) in [6, 6.07) is 13.3. The van der Waals surface area contributed by atoms with Gasteiger partial charge < -0.3 is 19.9 Å². The zero-order chi connectivity index (χ0) is 23.1. The number of carbonyl (C=O) groups is 2. The Morgan fingerprint density at radius 2 is 1.75 bits per heavy atom.